The standard InChI is InChI=1S/C13H14N4O2S.C3H8O.C2H6/c18-12(19)11-10(9-8-14-4-5-15-9)16-13(20-11)17-6-2-1-3-7-17;1-2-3-4;1-2/h4-5,8H,1-3,6-7H2,(H,18,19);4H,2-3H2,1H3;1-2H3. The Hall–Kier alpha value is -2.06. The second kappa shape index (κ2) is 12.3. The smallest absolute Gasteiger partial charge is 0.348 e. The summed E-state index contributed by atoms with van der Waals surface area (Å²) in [5.41, 5.74) is 0.917. The van der Waals surface area contributed by atoms with Crippen molar-refractivity contribution < 1.29 is 15.0 Å². The summed E-state index contributed by atoms with van der Waals surface area (Å²) in [6, 6.07) is 0. The first kappa shape index (κ1) is 22.0. The zero-order chi connectivity index (χ0) is 19.4. The molecule has 144 valence electrons. The Morgan fingerprint density at radius 1 is 1.23 bits per heavy atom. The Balaban J connectivity index is 0.000000500. The van der Waals surface area contributed by atoms with Crippen LogP contribution in [-0.4, -0.2) is 50.8 Å². The lowest BCUT2D eigenvalue weighted by atomic mass is 10.1. The maximum atomic E-state index is 11.4. The van der Waals surface area contributed by atoms with E-state index in [9.17, 15) is 9.90 Å². The second-order valence-electron chi connectivity index (χ2n) is 5.34. The number of rotatable bonds is 4. The molecule has 3 rings (SSSR count). The number of hydrogen-bond donors (Lipinski definition) is 2. The molecule has 2 N–H and O–H groups in total. The van der Waals surface area contributed by atoms with Gasteiger partial charge in [-0.15, -0.1) is 0 Å². The van der Waals surface area contributed by atoms with Gasteiger partial charge in [0.25, 0.3) is 0 Å². The number of carboxylic acids is 1. The van der Waals surface area contributed by atoms with Gasteiger partial charge in [-0.3, -0.25) is 9.97 Å². The lowest BCUT2D eigenvalue weighted by Crippen LogP contribution is -2.29. The Kier molecular flexibility index (Phi) is 10.4. The molecule has 0 atom stereocenters. The number of piperidine rings is 1. The van der Waals surface area contributed by atoms with Crippen LogP contribution in [0.15, 0.2) is 18.6 Å². The van der Waals surface area contributed by atoms with Gasteiger partial charge in [-0.2, -0.15) is 0 Å². The van der Waals surface area contributed by atoms with E-state index in [1.165, 1.54) is 17.8 Å². The highest BCUT2D eigenvalue weighted by molar-refractivity contribution is 7.17. The zero-order valence-corrected chi connectivity index (χ0v) is 16.5. The number of aliphatic hydroxyl groups excluding tert-OH is 1. The topological polar surface area (TPSA) is 99.4 Å². The third-order valence-electron chi connectivity index (χ3n) is 3.47. The lowest BCUT2D eigenvalue weighted by Gasteiger charge is -2.25. The van der Waals surface area contributed by atoms with Crippen LogP contribution < -0.4 is 4.90 Å². The molecule has 1 saturated heterocycles. The van der Waals surface area contributed by atoms with E-state index >= 15 is 0 Å². The Morgan fingerprint density at radius 2 is 1.88 bits per heavy atom. The third-order valence-corrected chi connectivity index (χ3v) is 4.57. The van der Waals surface area contributed by atoms with E-state index in [0.717, 1.165) is 37.5 Å². The predicted molar refractivity (Wildman–Crippen MR) is 105 cm³/mol. The molecule has 0 amide bonds. The first-order valence-electron chi connectivity index (χ1n) is 9.03. The molecule has 2 aromatic heterocycles. The van der Waals surface area contributed by atoms with Crippen molar-refractivity contribution in [2.75, 3.05) is 24.6 Å². The number of anilines is 1. The fraction of sp³-hybridized carbons (Fsp3) is 0.556. The van der Waals surface area contributed by atoms with Gasteiger partial charge in [0.2, 0.25) is 0 Å². The summed E-state index contributed by atoms with van der Waals surface area (Å²) < 4.78 is 0. The Bertz CT molecular complexity index is 641. The largest absolute Gasteiger partial charge is 0.477 e. The van der Waals surface area contributed by atoms with E-state index in [1.54, 1.807) is 18.6 Å². The summed E-state index contributed by atoms with van der Waals surface area (Å²) >= 11 is 1.22. The van der Waals surface area contributed by atoms with Gasteiger partial charge in [0.05, 0.1) is 6.20 Å². The predicted octanol–water partition coefficient (Wildman–Crippen LogP) is 3.70. The van der Waals surface area contributed by atoms with Crippen LogP contribution in [0.4, 0.5) is 5.13 Å². The summed E-state index contributed by atoms with van der Waals surface area (Å²) in [4.78, 5) is 26.4. The van der Waals surface area contributed by atoms with Crippen molar-refractivity contribution in [2.24, 2.45) is 0 Å². The first-order chi connectivity index (χ1) is 12.7. The minimum absolute atomic E-state index is 0.228. The van der Waals surface area contributed by atoms with Crippen molar-refractivity contribution in [2.45, 2.75) is 46.5 Å². The molecule has 0 bridgehead atoms. The Morgan fingerprint density at radius 3 is 2.38 bits per heavy atom. The van der Waals surface area contributed by atoms with Gasteiger partial charge >= 0.3 is 5.97 Å². The number of carbonyl (C=O) groups is 1. The zero-order valence-electron chi connectivity index (χ0n) is 15.7. The van der Waals surface area contributed by atoms with E-state index in [4.69, 9.17) is 5.11 Å². The minimum Gasteiger partial charge on any atom is -0.477 e. The molecule has 26 heavy (non-hydrogen) atoms. The van der Waals surface area contributed by atoms with Crippen LogP contribution in [0.5, 0.6) is 0 Å². The molecule has 0 unspecified atom stereocenters. The van der Waals surface area contributed by atoms with Gasteiger partial charge in [-0.1, -0.05) is 32.1 Å². The summed E-state index contributed by atoms with van der Waals surface area (Å²) in [5, 5.41) is 18.0. The fourth-order valence-electron chi connectivity index (χ4n) is 2.27. The van der Waals surface area contributed by atoms with Gasteiger partial charge in [0, 0.05) is 32.1 Å². The van der Waals surface area contributed by atoms with Crippen molar-refractivity contribution in [3.05, 3.63) is 23.5 Å². The number of aliphatic hydroxyl groups is 1. The van der Waals surface area contributed by atoms with E-state index in [-0.39, 0.29) is 4.88 Å². The van der Waals surface area contributed by atoms with Crippen LogP contribution in [0.1, 0.15) is 56.1 Å². The maximum absolute atomic E-state index is 11.4. The van der Waals surface area contributed by atoms with Crippen LogP contribution in [0.3, 0.4) is 0 Å². The number of aromatic nitrogens is 3. The molecule has 8 heteroatoms. The fourth-order valence-corrected chi connectivity index (χ4v) is 3.23. The van der Waals surface area contributed by atoms with Crippen LogP contribution in [-0.2, 0) is 0 Å². The Labute approximate surface area is 158 Å². The van der Waals surface area contributed by atoms with E-state index in [1.807, 2.05) is 20.8 Å². The maximum Gasteiger partial charge on any atom is 0.348 e. The molecule has 1 aliphatic heterocycles. The molecular formula is C18H28N4O3S. The van der Waals surface area contributed by atoms with Gasteiger partial charge in [-0.05, 0) is 25.7 Å². The van der Waals surface area contributed by atoms with Crippen molar-refractivity contribution in [1.29, 1.82) is 0 Å². The second-order valence-corrected chi connectivity index (χ2v) is 6.32. The van der Waals surface area contributed by atoms with Crippen LogP contribution in [0.25, 0.3) is 11.4 Å². The van der Waals surface area contributed by atoms with E-state index in [0.29, 0.717) is 18.0 Å². The van der Waals surface area contributed by atoms with Crippen molar-refractivity contribution in [3.63, 3.8) is 0 Å². The number of aromatic carboxylic acids is 1. The van der Waals surface area contributed by atoms with E-state index < -0.39 is 5.97 Å². The van der Waals surface area contributed by atoms with Gasteiger partial charge in [-0.25, -0.2) is 9.78 Å². The molecule has 0 spiro atoms. The van der Waals surface area contributed by atoms with Crippen molar-refractivity contribution in [3.8, 4) is 11.4 Å². The highest BCUT2D eigenvalue weighted by atomic mass is 32.1. The molecule has 7 nitrogen and oxygen atoms in total. The normalized spacial score (nSPS) is 13.2. The molecule has 1 aliphatic rings. The first-order valence-corrected chi connectivity index (χ1v) is 9.85. The van der Waals surface area contributed by atoms with Crippen LogP contribution in [0, 0.1) is 0 Å². The van der Waals surface area contributed by atoms with Gasteiger partial charge in [0.1, 0.15) is 16.3 Å². The molecule has 3 heterocycles. The molecule has 1 fully saturated rings. The van der Waals surface area contributed by atoms with Gasteiger partial charge in [0.15, 0.2) is 5.13 Å². The van der Waals surface area contributed by atoms with Crippen molar-refractivity contribution in [1.82, 2.24) is 15.0 Å². The molecule has 0 radical (unpaired) electrons. The van der Waals surface area contributed by atoms with Crippen molar-refractivity contribution >= 4 is 22.4 Å². The number of hydrogen-bond acceptors (Lipinski definition) is 7. The van der Waals surface area contributed by atoms with Crippen LogP contribution in [0.2, 0.25) is 0 Å². The highest BCUT2D eigenvalue weighted by Crippen LogP contribution is 2.33. The number of nitrogens with zero attached hydrogens (tertiary/aromatic N) is 4. The molecule has 0 saturated carbocycles. The summed E-state index contributed by atoms with van der Waals surface area (Å²) in [5.74, 6) is -0.966. The van der Waals surface area contributed by atoms with Gasteiger partial charge < -0.3 is 15.1 Å². The monoisotopic (exact) mass is 380 g/mol. The SMILES string of the molecule is CC.CCCO.O=C(O)c1sc(N2CCCCC2)nc1-c1cnccn1. The lowest BCUT2D eigenvalue weighted by molar-refractivity contribution is 0.0702. The van der Waals surface area contributed by atoms with Crippen LogP contribution >= 0.6 is 11.3 Å². The quantitative estimate of drug-likeness (QED) is 0.834. The average Bonchev–Trinajstić information content (AvgIpc) is 3.17. The average molecular weight is 381 g/mol. The third kappa shape index (κ3) is 6.34. The number of thiazole rings is 1. The molecule has 0 aromatic carbocycles. The summed E-state index contributed by atoms with van der Waals surface area (Å²) in [6.07, 6.45) is 9.00. The highest BCUT2D eigenvalue weighted by Gasteiger charge is 2.23. The molecule has 0 aliphatic carbocycles. The summed E-state index contributed by atoms with van der Waals surface area (Å²) in [6.45, 7) is 8.12. The summed E-state index contributed by atoms with van der Waals surface area (Å²) in [7, 11) is 0. The van der Waals surface area contributed by atoms with E-state index in [2.05, 4.69) is 19.9 Å². The molecular weight excluding hydrogens is 352 g/mol. The number of carboxylic acid groups (broad SMARTS) is 1. The molecule has 2 aromatic rings. The minimum atomic E-state index is -0.966.